The third-order valence-electron chi connectivity index (χ3n) is 2.18. The van der Waals surface area contributed by atoms with Gasteiger partial charge in [0.25, 0.3) is 0 Å². The summed E-state index contributed by atoms with van der Waals surface area (Å²) in [5.74, 6) is -0.554. The molecule has 0 aliphatic rings. The molecular formula is C10H18O3Y-2. The van der Waals surface area contributed by atoms with Crippen molar-refractivity contribution < 1.29 is 47.0 Å². The summed E-state index contributed by atoms with van der Waals surface area (Å²) < 4.78 is 4.69. The Morgan fingerprint density at radius 3 is 2.07 bits per heavy atom. The molecule has 4 heteroatoms. The fourth-order valence-electron chi connectivity index (χ4n) is 0.692. The quantitative estimate of drug-likeness (QED) is 0.580. The van der Waals surface area contributed by atoms with Gasteiger partial charge in [0.05, 0.1) is 5.41 Å². The maximum atomic E-state index is 11.1. The molecule has 0 heterocycles. The minimum Gasteiger partial charge on any atom is -0.487 e. The first-order valence-electron chi connectivity index (χ1n) is 3.92. The molecule has 3 nitrogen and oxygen atoms in total. The molecule has 0 amide bonds. The van der Waals surface area contributed by atoms with Gasteiger partial charge in [-0.25, -0.2) is 0 Å². The molecule has 0 fully saturated rings. The maximum absolute atomic E-state index is 11.1. The van der Waals surface area contributed by atoms with E-state index in [-0.39, 0.29) is 52.5 Å². The molecule has 0 aromatic heterocycles. The molecule has 81 valence electrons. The van der Waals surface area contributed by atoms with E-state index >= 15 is 0 Å². The first kappa shape index (κ1) is 19.7. The monoisotopic (exact) mass is 275 g/mol. The van der Waals surface area contributed by atoms with Crippen molar-refractivity contribution in [1.29, 1.82) is 0 Å². The minimum atomic E-state index is -0.587. The van der Waals surface area contributed by atoms with Gasteiger partial charge >= 0.3 is 0 Å². The van der Waals surface area contributed by atoms with Crippen molar-refractivity contribution in [3.05, 3.63) is 14.4 Å². The minimum absolute atomic E-state index is 0. The van der Waals surface area contributed by atoms with Crippen LogP contribution in [0.3, 0.4) is 0 Å². The number of esters is 1. The van der Waals surface area contributed by atoms with Gasteiger partial charge in [-0.1, -0.05) is 6.92 Å². The third-order valence-corrected chi connectivity index (χ3v) is 2.18. The van der Waals surface area contributed by atoms with Crippen LogP contribution in [0.5, 0.6) is 0 Å². The molecule has 0 saturated carbocycles. The van der Waals surface area contributed by atoms with Gasteiger partial charge in [0.2, 0.25) is 0 Å². The van der Waals surface area contributed by atoms with Crippen LogP contribution < -0.4 is 0 Å². The summed E-state index contributed by atoms with van der Waals surface area (Å²) in [4.78, 5) is 21.5. The smallest absolute Gasteiger partial charge is 0.164 e. The van der Waals surface area contributed by atoms with Crippen molar-refractivity contribution in [3.8, 4) is 0 Å². The largest absolute Gasteiger partial charge is 0.487 e. The number of ether oxygens (including phenoxy) is 1. The van der Waals surface area contributed by atoms with Crippen molar-refractivity contribution in [3.63, 3.8) is 0 Å². The van der Waals surface area contributed by atoms with Gasteiger partial charge in [-0.15, -0.1) is 0 Å². The molecule has 0 aromatic rings. The average Bonchev–Trinajstić information content (AvgIpc) is 1.99. The average molecular weight is 275 g/mol. The molecule has 0 aliphatic carbocycles. The fourth-order valence-corrected chi connectivity index (χ4v) is 0.692. The van der Waals surface area contributed by atoms with E-state index in [9.17, 15) is 9.59 Å². The first-order valence-corrected chi connectivity index (χ1v) is 3.92. The van der Waals surface area contributed by atoms with Crippen LogP contribution in [0.1, 0.15) is 27.2 Å². The Bertz CT molecular complexity index is 192. The van der Waals surface area contributed by atoms with E-state index in [1.54, 1.807) is 6.92 Å². The number of Topliss-reactive ketones (excluding diaryl/α,β-unsaturated/α-hetero) is 1. The van der Waals surface area contributed by atoms with E-state index < -0.39 is 11.4 Å². The van der Waals surface area contributed by atoms with Gasteiger partial charge in [-0.3, -0.25) is 16.5 Å². The Labute approximate surface area is 112 Å². The summed E-state index contributed by atoms with van der Waals surface area (Å²) in [5.41, 5.74) is -0.548. The Hall–Kier alpha value is 0.114. The standard InChI is InChI=1S/C9H15O3.CH3.Y/c1-5-9(4,7(2)10)6-12-8(3)11;;/h3,5-6H2,1-2,4H3;1H3;/q2*-1;. The molecule has 0 aliphatic heterocycles. The predicted octanol–water partition coefficient (Wildman–Crippen LogP) is 1.82. The van der Waals surface area contributed by atoms with Crippen LogP contribution >= 0.6 is 0 Å². The maximum Gasteiger partial charge on any atom is 0.164 e. The molecule has 0 aromatic carbocycles. The second-order valence-corrected chi connectivity index (χ2v) is 3.13. The molecule has 0 bridgehead atoms. The first-order chi connectivity index (χ1) is 5.42. The zero-order valence-electron chi connectivity index (χ0n) is 9.42. The van der Waals surface area contributed by atoms with E-state index in [1.807, 2.05) is 6.92 Å². The summed E-state index contributed by atoms with van der Waals surface area (Å²) >= 11 is 0. The molecule has 1 atom stereocenters. The van der Waals surface area contributed by atoms with E-state index in [0.717, 1.165) is 0 Å². The normalized spacial score (nSPS) is 12.8. The molecule has 14 heavy (non-hydrogen) atoms. The number of hydrogen-bond acceptors (Lipinski definition) is 3. The number of hydrogen-bond donors (Lipinski definition) is 0. The van der Waals surface area contributed by atoms with Crippen molar-refractivity contribution >= 4 is 11.8 Å². The Morgan fingerprint density at radius 2 is 1.86 bits per heavy atom. The van der Waals surface area contributed by atoms with E-state index in [4.69, 9.17) is 0 Å². The number of rotatable bonds is 4. The zero-order valence-corrected chi connectivity index (χ0v) is 12.3. The summed E-state index contributed by atoms with van der Waals surface area (Å²) in [7, 11) is 0. The van der Waals surface area contributed by atoms with Crippen LogP contribution in [0, 0.1) is 19.8 Å². The van der Waals surface area contributed by atoms with Crippen molar-refractivity contribution in [1.82, 2.24) is 0 Å². The number of ketones is 1. The molecule has 0 rings (SSSR count). The second-order valence-electron chi connectivity index (χ2n) is 3.13. The molecular weight excluding hydrogens is 257 g/mol. The summed E-state index contributed by atoms with van der Waals surface area (Å²) in [6, 6.07) is 0. The van der Waals surface area contributed by atoms with Crippen LogP contribution in [0.2, 0.25) is 0 Å². The molecule has 1 radical (unpaired) electrons. The molecule has 0 spiro atoms. The number of carbonyl (C=O) groups is 2. The summed E-state index contributed by atoms with van der Waals surface area (Å²) in [6.07, 6.45) is 0.662. The summed E-state index contributed by atoms with van der Waals surface area (Å²) in [6.45, 7) is 8.35. The Kier molecular flexibility index (Phi) is 11.8. The third kappa shape index (κ3) is 6.55. The van der Waals surface area contributed by atoms with Gasteiger partial charge in [0.15, 0.2) is 5.97 Å². The molecule has 1 unspecified atom stereocenters. The van der Waals surface area contributed by atoms with Crippen molar-refractivity contribution in [2.75, 3.05) is 6.61 Å². The number of carbonyl (C=O) groups excluding carboxylic acids is 2. The van der Waals surface area contributed by atoms with Crippen LogP contribution in [0.15, 0.2) is 0 Å². The van der Waals surface area contributed by atoms with E-state index in [2.05, 4.69) is 11.7 Å². The van der Waals surface area contributed by atoms with Crippen LogP contribution in [-0.4, -0.2) is 18.4 Å². The van der Waals surface area contributed by atoms with Crippen LogP contribution in [-0.2, 0) is 47.0 Å². The van der Waals surface area contributed by atoms with Crippen molar-refractivity contribution in [2.24, 2.45) is 5.41 Å². The van der Waals surface area contributed by atoms with Gasteiger partial charge in [-0.05, 0) is 20.3 Å². The Balaban J connectivity index is -0.000000605. The molecule has 0 saturated heterocycles. The van der Waals surface area contributed by atoms with Gasteiger partial charge in [0.1, 0.15) is 12.4 Å². The van der Waals surface area contributed by atoms with Crippen LogP contribution in [0.4, 0.5) is 0 Å². The van der Waals surface area contributed by atoms with E-state index in [1.165, 1.54) is 6.92 Å². The topological polar surface area (TPSA) is 43.4 Å². The van der Waals surface area contributed by atoms with Gasteiger partial charge in [-0.2, -0.15) is 0 Å². The van der Waals surface area contributed by atoms with E-state index in [0.29, 0.717) is 6.42 Å². The van der Waals surface area contributed by atoms with Crippen molar-refractivity contribution in [2.45, 2.75) is 27.2 Å². The SMILES string of the molecule is [CH2-]C(=O)OCC(C)(CC)C(C)=O.[CH3-].[Y]. The Morgan fingerprint density at radius 1 is 1.43 bits per heavy atom. The van der Waals surface area contributed by atoms with Gasteiger partial charge in [0, 0.05) is 32.7 Å². The van der Waals surface area contributed by atoms with Crippen LogP contribution in [0.25, 0.3) is 0 Å². The second kappa shape index (κ2) is 8.42. The summed E-state index contributed by atoms with van der Waals surface area (Å²) in [5, 5.41) is 0. The molecule has 0 N–H and O–H groups in total. The predicted molar refractivity (Wildman–Crippen MR) is 51.8 cm³/mol. The fraction of sp³-hybridized carbons (Fsp3) is 0.600. The zero-order chi connectivity index (χ0) is 9.78. The van der Waals surface area contributed by atoms with Gasteiger partial charge < -0.3 is 12.2 Å².